The molecule has 1 aliphatic heterocycles. The summed E-state index contributed by atoms with van der Waals surface area (Å²) in [5.74, 6) is 1.45. The smallest absolute Gasteiger partial charge is 0.211 e. The van der Waals surface area contributed by atoms with Crippen LogP contribution in [0.5, 0.6) is 0 Å². The molecule has 3 rings (SSSR count). The first kappa shape index (κ1) is 22.3. The highest BCUT2D eigenvalue weighted by atomic mass is 32.2. The highest BCUT2D eigenvalue weighted by molar-refractivity contribution is 7.88. The summed E-state index contributed by atoms with van der Waals surface area (Å²) in [6.07, 6.45) is 3.02. The maximum Gasteiger partial charge on any atom is 0.211 e. The predicted octanol–water partition coefficient (Wildman–Crippen LogP) is 2.66. The molecule has 2 aromatic carbocycles. The number of piperidine rings is 1. The van der Waals surface area contributed by atoms with Gasteiger partial charge >= 0.3 is 0 Å². The highest BCUT2D eigenvalue weighted by Crippen LogP contribution is 2.23. The Kier molecular flexibility index (Phi) is 7.87. The van der Waals surface area contributed by atoms with E-state index in [1.54, 1.807) is 11.4 Å². The molecular weight excluding hydrogens is 396 g/mol. The zero-order valence-electron chi connectivity index (χ0n) is 17.8. The van der Waals surface area contributed by atoms with Crippen LogP contribution in [-0.4, -0.2) is 58.2 Å². The summed E-state index contributed by atoms with van der Waals surface area (Å²) in [5, 5.41) is 6.89. The fraction of sp³-hybridized carbons (Fsp3) is 0.435. The van der Waals surface area contributed by atoms with Crippen molar-refractivity contribution in [3.63, 3.8) is 0 Å². The third-order valence-electron chi connectivity index (χ3n) is 5.70. The van der Waals surface area contributed by atoms with Crippen LogP contribution in [-0.2, 0) is 10.0 Å². The highest BCUT2D eigenvalue weighted by Gasteiger charge is 2.25. The molecule has 2 aromatic rings. The summed E-state index contributed by atoms with van der Waals surface area (Å²) in [4.78, 5) is 4.37. The zero-order chi connectivity index (χ0) is 21.4. The normalized spacial score (nSPS) is 16.6. The van der Waals surface area contributed by atoms with Crippen LogP contribution in [0.4, 0.5) is 0 Å². The van der Waals surface area contributed by atoms with Crippen LogP contribution >= 0.6 is 0 Å². The second kappa shape index (κ2) is 10.6. The molecule has 0 radical (unpaired) electrons. The number of rotatable bonds is 7. The number of hydrogen-bond donors (Lipinski definition) is 2. The minimum atomic E-state index is -3.08. The van der Waals surface area contributed by atoms with Crippen molar-refractivity contribution < 1.29 is 8.42 Å². The first-order valence-electron chi connectivity index (χ1n) is 10.5. The van der Waals surface area contributed by atoms with Crippen LogP contribution in [0.15, 0.2) is 65.7 Å². The second-order valence-electron chi connectivity index (χ2n) is 7.81. The molecule has 0 atom stereocenters. The molecule has 1 aliphatic rings. The van der Waals surface area contributed by atoms with Crippen molar-refractivity contribution in [1.29, 1.82) is 0 Å². The van der Waals surface area contributed by atoms with Crippen molar-refractivity contribution in [3.05, 3.63) is 71.8 Å². The van der Waals surface area contributed by atoms with Gasteiger partial charge in [0.15, 0.2) is 5.96 Å². The number of benzene rings is 2. The number of nitrogens with one attached hydrogen (secondary N) is 2. The van der Waals surface area contributed by atoms with Crippen molar-refractivity contribution in [2.45, 2.75) is 18.8 Å². The monoisotopic (exact) mass is 428 g/mol. The first-order chi connectivity index (χ1) is 14.5. The summed E-state index contributed by atoms with van der Waals surface area (Å²) in [6.45, 7) is 2.72. The second-order valence-corrected chi connectivity index (χ2v) is 9.80. The molecule has 0 bridgehead atoms. The maximum absolute atomic E-state index is 11.7. The number of guanidine groups is 1. The molecule has 7 heteroatoms. The van der Waals surface area contributed by atoms with E-state index < -0.39 is 10.0 Å². The molecular formula is C23H32N4O2S. The third-order valence-corrected chi connectivity index (χ3v) is 7.01. The average molecular weight is 429 g/mol. The van der Waals surface area contributed by atoms with Crippen molar-refractivity contribution >= 4 is 16.0 Å². The lowest BCUT2D eigenvalue weighted by atomic mass is 9.91. The van der Waals surface area contributed by atoms with Gasteiger partial charge in [-0.25, -0.2) is 12.7 Å². The van der Waals surface area contributed by atoms with Gasteiger partial charge in [0.1, 0.15) is 0 Å². The summed E-state index contributed by atoms with van der Waals surface area (Å²) in [6, 6.07) is 21.0. The Morgan fingerprint density at radius 3 is 2.00 bits per heavy atom. The van der Waals surface area contributed by atoms with Gasteiger partial charge in [-0.1, -0.05) is 60.7 Å². The average Bonchev–Trinajstić information content (AvgIpc) is 2.77. The van der Waals surface area contributed by atoms with E-state index in [4.69, 9.17) is 0 Å². The molecule has 0 spiro atoms. The predicted molar refractivity (Wildman–Crippen MR) is 123 cm³/mol. The summed E-state index contributed by atoms with van der Waals surface area (Å²) in [7, 11) is -1.30. The molecule has 6 nitrogen and oxygen atoms in total. The van der Waals surface area contributed by atoms with Crippen molar-refractivity contribution in [3.8, 4) is 0 Å². The first-order valence-corrected chi connectivity index (χ1v) is 12.3. The van der Waals surface area contributed by atoms with E-state index in [0.717, 1.165) is 31.9 Å². The number of aliphatic imine (C=N–C) groups is 1. The van der Waals surface area contributed by atoms with Crippen LogP contribution in [0.1, 0.15) is 29.9 Å². The minimum absolute atomic E-state index is 0.226. The Morgan fingerprint density at radius 1 is 1.00 bits per heavy atom. The number of hydrogen-bond acceptors (Lipinski definition) is 3. The largest absolute Gasteiger partial charge is 0.356 e. The summed E-state index contributed by atoms with van der Waals surface area (Å²) < 4.78 is 24.9. The molecule has 1 saturated heterocycles. The molecule has 1 fully saturated rings. The molecule has 2 N–H and O–H groups in total. The maximum atomic E-state index is 11.7. The van der Waals surface area contributed by atoms with Gasteiger partial charge in [-0.15, -0.1) is 0 Å². The van der Waals surface area contributed by atoms with Crippen molar-refractivity contribution in [2.75, 3.05) is 39.5 Å². The lowest BCUT2D eigenvalue weighted by Gasteiger charge is -2.30. The van der Waals surface area contributed by atoms with Crippen LogP contribution in [0, 0.1) is 5.92 Å². The molecule has 30 heavy (non-hydrogen) atoms. The molecule has 162 valence electrons. The standard InChI is InChI=1S/C23H32N4O2S/c1-24-23(25-17-19-13-15-27(16-14-19)30(2,28)29)26-18-22(20-9-5-3-6-10-20)21-11-7-4-8-12-21/h3-12,19,22H,13-18H2,1-2H3,(H2,24,25,26). The molecule has 0 aliphatic carbocycles. The van der Waals surface area contributed by atoms with Crippen LogP contribution in [0.2, 0.25) is 0 Å². The fourth-order valence-corrected chi connectivity index (χ4v) is 4.78. The van der Waals surface area contributed by atoms with Crippen LogP contribution in [0.25, 0.3) is 0 Å². The van der Waals surface area contributed by atoms with Gasteiger partial charge in [-0.05, 0) is 29.9 Å². The van der Waals surface area contributed by atoms with Gasteiger partial charge < -0.3 is 10.6 Å². The Morgan fingerprint density at radius 2 is 1.53 bits per heavy atom. The zero-order valence-corrected chi connectivity index (χ0v) is 18.6. The fourth-order valence-electron chi connectivity index (χ4n) is 3.90. The molecule has 0 saturated carbocycles. The van der Waals surface area contributed by atoms with E-state index in [1.807, 2.05) is 12.1 Å². The topological polar surface area (TPSA) is 73.8 Å². The third kappa shape index (κ3) is 6.31. The van der Waals surface area contributed by atoms with Crippen molar-refractivity contribution in [1.82, 2.24) is 14.9 Å². The van der Waals surface area contributed by atoms with Gasteiger partial charge in [0, 0.05) is 39.1 Å². The summed E-state index contributed by atoms with van der Waals surface area (Å²) >= 11 is 0. The van der Waals surface area contributed by atoms with E-state index >= 15 is 0 Å². The van der Waals surface area contributed by atoms with Gasteiger partial charge in [0.05, 0.1) is 6.26 Å². The van der Waals surface area contributed by atoms with E-state index in [-0.39, 0.29) is 5.92 Å². The molecule has 0 amide bonds. The minimum Gasteiger partial charge on any atom is -0.356 e. The molecule has 0 unspecified atom stereocenters. The van der Waals surface area contributed by atoms with Gasteiger partial charge in [-0.2, -0.15) is 0 Å². The van der Waals surface area contributed by atoms with Gasteiger partial charge in [-0.3, -0.25) is 4.99 Å². The summed E-state index contributed by atoms with van der Waals surface area (Å²) in [5.41, 5.74) is 2.53. The van der Waals surface area contributed by atoms with Crippen molar-refractivity contribution in [2.24, 2.45) is 10.9 Å². The Labute approximate surface area is 180 Å². The molecule has 0 aromatic heterocycles. The quantitative estimate of drug-likeness (QED) is 0.525. The van der Waals surface area contributed by atoms with E-state index in [9.17, 15) is 8.42 Å². The number of sulfonamides is 1. The SMILES string of the molecule is CN=C(NCC1CCN(S(C)(=O)=O)CC1)NCC(c1ccccc1)c1ccccc1. The van der Waals surface area contributed by atoms with E-state index in [2.05, 4.69) is 64.2 Å². The Bertz CT molecular complexity index is 869. The Hall–Kier alpha value is -2.38. The Balaban J connectivity index is 1.55. The number of nitrogens with zero attached hydrogens (tertiary/aromatic N) is 2. The molecule has 1 heterocycles. The van der Waals surface area contributed by atoms with Gasteiger partial charge in [0.25, 0.3) is 0 Å². The van der Waals surface area contributed by atoms with Crippen LogP contribution in [0.3, 0.4) is 0 Å². The van der Waals surface area contributed by atoms with E-state index in [1.165, 1.54) is 17.4 Å². The van der Waals surface area contributed by atoms with Gasteiger partial charge in [0.2, 0.25) is 10.0 Å². The van der Waals surface area contributed by atoms with Crippen LogP contribution < -0.4 is 10.6 Å². The lowest BCUT2D eigenvalue weighted by Crippen LogP contribution is -2.44. The lowest BCUT2D eigenvalue weighted by molar-refractivity contribution is 0.275. The van der Waals surface area contributed by atoms with E-state index in [0.29, 0.717) is 19.0 Å².